The van der Waals surface area contributed by atoms with Gasteiger partial charge in [0, 0.05) is 35.8 Å². The minimum atomic E-state index is -0.0626. The van der Waals surface area contributed by atoms with Crippen LogP contribution in [0.15, 0.2) is 60.7 Å². The average Bonchev–Trinajstić information content (AvgIpc) is 2.73. The van der Waals surface area contributed by atoms with Crippen molar-refractivity contribution in [3.63, 3.8) is 0 Å². The van der Waals surface area contributed by atoms with E-state index in [4.69, 9.17) is 0 Å². The van der Waals surface area contributed by atoms with Crippen LogP contribution in [0.4, 0.5) is 11.4 Å². The zero-order valence-corrected chi connectivity index (χ0v) is 17.1. The number of hydrogen-bond acceptors (Lipinski definition) is 3. The highest BCUT2D eigenvalue weighted by molar-refractivity contribution is 5.91. The van der Waals surface area contributed by atoms with Crippen LogP contribution in [0.5, 0.6) is 0 Å². The number of carbonyl (C=O) groups excluding carboxylic acids is 2. The maximum Gasteiger partial charge on any atom is 0.224 e. The van der Waals surface area contributed by atoms with Crippen molar-refractivity contribution in [2.45, 2.75) is 63.5 Å². The summed E-state index contributed by atoms with van der Waals surface area (Å²) in [6, 6.07) is 19.4. The van der Waals surface area contributed by atoms with Gasteiger partial charge in [-0.25, -0.2) is 0 Å². The van der Waals surface area contributed by atoms with Crippen LogP contribution in [-0.2, 0) is 9.59 Å². The van der Waals surface area contributed by atoms with Crippen molar-refractivity contribution in [1.29, 1.82) is 0 Å². The van der Waals surface area contributed by atoms with Crippen molar-refractivity contribution in [2.75, 3.05) is 10.6 Å². The van der Waals surface area contributed by atoms with Gasteiger partial charge < -0.3 is 16.0 Å². The molecule has 29 heavy (non-hydrogen) atoms. The molecule has 0 bridgehead atoms. The summed E-state index contributed by atoms with van der Waals surface area (Å²) in [4.78, 5) is 24.5. The topological polar surface area (TPSA) is 70.2 Å². The van der Waals surface area contributed by atoms with Gasteiger partial charge in [-0.1, -0.05) is 42.8 Å². The molecule has 5 nitrogen and oxygen atoms in total. The van der Waals surface area contributed by atoms with E-state index in [0.717, 1.165) is 43.5 Å². The molecule has 1 fully saturated rings. The first-order chi connectivity index (χ1) is 14.0. The van der Waals surface area contributed by atoms with E-state index in [1.165, 1.54) is 0 Å². The van der Waals surface area contributed by atoms with Gasteiger partial charge in [-0.3, -0.25) is 9.59 Å². The number of anilines is 2. The molecule has 2 atom stereocenters. The number of amides is 2. The lowest BCUT2D eigenvalue weighted by Crippen LogP contribution is -2.52. The highest BCUT2D eigenvalue weighted by Crippen LogP contribution is 2.28. The minimum absolute atomic E-state index is 0.0450. The Morgan fingerprint density at radius 2 is 1.48 bits per heavy atom. The molecular weight excluding hydrogens is 362 g/mol. The number of nitrogens with one attached hydrogen (secondary N) is 3. The monoisotopic (exact) mass is 393 g/mol. The fourth-order valence-electron chi connectivity index (χ4n) is 3.97. The van der Waals surface area contributed by atoms with E-state index < -0.39 is 0 Å². The van der Waals surface area contributed by atoms with E-state index >= 15 is 0 Å². The summed E-state index contributed by atoms with van der Waals surface area (Å²) in [7, 11) is 0. The van der Waals surface area contributed by atoms with Gasteiger partial charge in [-0.2, -0.15) is 0 Å². The molecule has 1 aliphatic heterocycles. The highest BCUT2D eigenvalue weighted by Gasteiger charge is 2.31. The SMILES string of the molecule is CC1(CCC(=O)Nc2ccccc2)CCCC(CCC(=O)Nc2ccccc2)N1. The zero-order valence-electron chi connectivity index (χ0n) is 17.1. The Hall–Kier alpha value is -2.66. The summed E-state index contributed by atoms with van der Waals surface area (Å²) in [5, 5.41) is 9.61. The molecule has 0 saturated carbocycles. The quantitative estimate of drug-likeness (QED) is 0.607. The van der Waals surface area contributed by atoms with Crippen LogP contribution in [0, 0.1) is 0 Å². The van der Waals surface area contributed by atoms with Gasteiger partial charge in [0.25, 0.3) is 0 Å². The molecule has 1 saturated heterocycles. The normalized spacial score (nSPS) is 21.3. The predicted octanol–water partition coefficient (Wildman–Crippen LogP) is 4.73. The molecule has 2 aromatic carbocycles. The Bertz CT molecular complexity index is 794. The Balaban J connectivity index is 1.41. The standard InChI is InChI=1S/C24H31N3O2/c1-24(18-16-23(29)26-20-11-6-3-7-12-20)17-8-13-21(27-24)14-15-22(28)25-19-9-4-2-5-10-19/h2-7,9-12,21,27H,8,13-18H2,1H3,(H,25,28)(H,26,29). The van der Waals surface area contributed by atoms with Gasteiger partial charge in [0.05, 0.1) is 0 Å². The van der Waals surface area contributed by atoms with Crippen molar-refractivity contribution in [3.05, 3.63) is 60.7 Å². The summed E-state index contributed by atoms with van der Waals surface area (Å²) in [5.74, 6) is 0.0936. The number of benzene rings is 2. The van der Waals surface area contributed by atoms with Gasteiger partial charge in [0.15, 0.2) is 0 Å². The van der Waals surface area contributed by atoms with Crippen molar-refractivity contribution < 1.29 is 9.59 Å². The van der Waals surface area contributed by atoms with Crippen molar-refractivity contribution in [1.82, 2.24) is 5.32 Å². The van der Waals surface area contributed by atoms with Crippen LogP contribution in [0.3, 0.4) is 0 Å². The summed E-state index contributed by atoms with van der Waals surface area (Å²) in [6.45, 7) is 2.19. The molecule has 3 rings (SSSR count). The molecule has 0 aromatic heterocycles. The third-order valence-electron chi connectivity index (χ3n) is 5.57. The van der Waals surface area contributed by atoms with Gasteiger partial charge >= 0.3 is 0 Å². The zero-order chi connectivity index (χ0) is 20.5. The van der Waals surface area contributed by atoms with Gasteiger partial charge in [0.2, 0.25) is 11.8 Å². The fraction of sp³-hybridized carbons (Fsp3) is 0.417. The molecule has 154 valence electrons. The highest BCUT2D eigenvalue weighted by atomic mass is 16.2. The molecule has 1 heterocycles. The lowest BCUT2D eigenvalue weighted by molar-refractivity contribution is -0.117. The van der Waals surface area contributed by atoms with E-state index in [-0.39, 0.29) is 17.4 Å². The molecular formula is C24H31N3O2. The summed E-state index contributed by atoms with van der Waals surface area (Å²) in [6.07, 6.45) is 5.83. The third-order valence-corrected chi connectivity index (χ3v) is 5.57. The minimum Gasteiger partial charge on any atom is -0.326 e. The average molecular weight is 394 g/mol. The first kappa shape index (κ1) is 21.1. The van der Waals surface area contributed by atoms with E-state index in [2.05, 4.69) is 22.9 Å². The molecule has 3 N–H and O–H groups in total. The van der Waals surface area contributed by atoms with E-state index in [1.54, 1.807) is 0 Å². The first-order valence-electron chi connectivity index (χ1n) is 10.5. The first-order valence-corrected chi connectivity index (χ1v) is 10.5. The van der Waals surface area contributed by atoms with E-state index in [1.807, 2.05) is 60.7 Å². The second-order valence-electron chi connectivity index (χ2n) is 8.16. The Morgan fingerprint density at radius 1 is 0.931 bits per heavy atom. The number of hydrogen-bond donors (Lipinski definition) is 3. The number of para-hydroxylation sites is 2. The maximum absolute atomic E-state index is 12.3. The molecule has 1 aliphatic rings. The Labute approximate surface area is 173 Å². The van der Waals surface area contributed by atoms with Crippen LogP contribution in [0.1, 0.15) is 51.9 Å². The summed E-state index contributed by atoms with van der Waals surface area (Å²) in [5.41, 5.74) is 1.61. The molecule has 0 aliphatic carbocycles. The predicted molar refractivity (Wildman–Crippen MR) is 118 cm³/mol. The van der Waals surface area contributed by atoms with Crippen LogP contribution in [0.25, 0.3) is 0 Å². The Kier molecular flexibility index (Phi) is 7.42. The third kappa shape index (κ3) is 7.02. The van der Waals surface area contributed by atoms with Crippen molar-refractivity contribution in [3.8, 4) is 0 Å². The van der Waals surface area contributed by atoms with Gasteiger partial charge in [0.1, 0.15) is 0 Å². The number of piperidine rings is 1. The summed E-state index contributed by atoms with van der Waals surface area (Å²) >= 11 is 0. The van der Waals surface area contributed by atoms with Gasteiger partial charge in [-0.15, -0.1) is 0 Å². The molecule has 2 aromatic rings. The smallest absolute Gasteiger partial charge is 0.224 e. The molecule has 5 heteroatoms. The van der Waals surface area contributed by atoms with Crippen LogP contribution < -0.4 is 16.0 Å². The van der Waals surface area contributed by atoms with Crippen molar-refractivity contribution in [2.24, 2.45) is 0 Å². The fourth-order valence-corrected chi connectivity index (χ4v) is 3.97. The van der Waals surface area contributed by atoms with Gasteiger partial charge in [-0.05, 0) is 56.9 Å². The molecule has 0 radical (unpaired) electrons. The van der Waals surface area contributed by atoms with E-state index in [9.17, 15) is 9.59 Å². The number of carbonyl (C=O) groups is 2. The molecule has 2 amide bonds. The van der Waals surface area contributed by atoms with Crippen LogP contribution in [-0.4, -0.2) is 23.4 Å². The van der Waals surface area contributed by atoms with Crippen LogP contribution in [0.2, 0.25) is 0 Å². The molecule has 0 spiro atoms. The van der Waals surface area contributed by atoms with E-state index in [0.29, 0.717) is 18.9 Å². The lowest BCUT2D eigenvalue weighted by atomic mass is 9.83. The van der Waals surface area contributed by atoms with Crippen molar-refractivity contribution >= 4 is 23.2 Å². The van der Waals surface area contributed by atoms with Crippen LogP contribution >= 0.6 is 0 Å². The molecule has 2 unspecified atom stereocenters. The largest absolute Gasteiger partial charge is 0.326 e. The lowest BCUT2D eigenvalue weighted by Gasteiger charge is -2.40. The second-order valence-corrected chi connectivity index (χ2v) is 8.16. The second kappa shape index (κ2) is 10.2. The summed E-state index contributed by atoms with van der Waals surface area (Å²) < 4.78 is 0. The number of rotatable bonds is 8. The Morgan fingerprint density at radius 3 is 2.07 bits per heavy atom. The maximum atomic E-state index is 12.3.